The van der Waals surface area contributed by atoms with Crippen molar-refractivity contribution in [2.24, 2.45) is 0 Å². The molecule has 0 radical (unpaired) electrons. The Hall–Kier alpha value is -1.40. The lowest BCUT2D eigenvalue weighted by molar-refractivity contribution is -0.137. The fourth-order valence-corrected chi connectivity index (χ4v) is 2.09. The van der Waals surface area contributed by atoms with E-state index < -0.39 is 11.7 Å². The third-order valence-corrected chi connectivity index (χ3v) is 3.37. The summed E-state index contributed by atoms with van der Waals surface area (Å²) < 4.78 is 43.3. The number of anilines is 1. The molecule has 0 saturated carbocycles. The molecule has 2 aromatic rings. The molecule has 0 saturated heterocycles. The summed E-state index contributed by atoms with van der Waals surface area (Å²) in [6, 6.07) is 7.72. The summed E-state index contributed by atoms with van der Waals surface area (Å²) in [5.41, 5.74) is 5.27. The van der Waals surface area contributed by atoms with E-state index >= 15 is 0 Å². The number of ether oxygens (including phenoxy) is 1. The first kappa shape index (κ1) is 15.0. The van der Waals surface area contributed by atoms with Gasteiger partial charge >= 0.3 is 6.18 Å². The third kappa shape index (κ3) is 3.37. The Morgan fingerprint density at radius 3 is 2.35 bits per heavy atom. The smallest absolute Gasteiger partial charge is 0.416 e. The Bertz CT molecular complexity index is 646. The molecule has 0 aliphatic rings. The average Bonchev–Trinajstić information content (AvgIpc) is 2.35. The van der Waals surface area contributed by atoms with Crippen LogP contribution < -0.4 is 10.5 Å². The Labute approximate surface area is 126 Å². The monoisotopic (exact) mass is 365 g/mol. The van der Waals surface area contributed by atoms with Gasteiger partial charge in [0.25, 0.3) is 0 Å². The zero-order valence-corrected chi connectivity index (χ0v) is 12.2. The molecule has 2 nitrogen and oxygen atoms in total. The van der Waals surface area contributed by atoms with Gasteiger partial charge in [0.15, 0.2) is 0 Å². The Balaban J connectivity index is 2.33. The number of hydrogen-bond acceptors (Lipinski definition) is 2. The Morgan fingerprint density at radius 1 is 1.05 bits per heavy atom. The lowest BCUT2D eigenvalue weighted by Crippen LogP contribution is -2.04. The molecule has 0 unspecified atom stereocenters. The normalized spacial score (nSPS) is 11.4. The van der Waals surface area contributed by atoms with Gasteiger partial charge in [0.1, 0.15) is 11.5 Å². The van der Waals surface area contributed by atoms with Crippen LogP contribution >= 0.6 is 27.5 Å². The average molecular weight is 367 g/mol. The number of halogens is 5. The molecule has 0 spiro atoms. The van der Waals surface area contributed by atoms with Gasteiger partial charge in [0, 0.05) is 11.8 Å². The minimum absolute atomic E-state index is 0.172. The predicted octanol–water partition coefficient (Wildman–Crippen LogP) is 5.50. The molecule has 106 valence electrons. The molecule has 0 fully saturated rings. The molecule has 2 aromatic carbocycles. The summed E-state index contributed by atoms with van der Waals surface area (Å²) in [6.45, 7) is 0. The van der Waals surface area contributed by atoms with Crippen molar-refractivity contribution < 1.29 is 17.9 Å². The van der Waals surface area contributed by atoms with E-state index in [4.69, 9.17) is 22.1 Å². The van der Waals surface area contributed by atoms with Crippen molar-refractivity contribution in [2.75, 3.05) is 5.73 Å². The first-order valence-corrected chi connectivity index (χ1v) is 6.54. The van der Waals surface area contributed by atoms with Gasteiger partial charge in [-0.2, -0.15) is 13.2 Å². The summed E-state index contributed by atoms with van der Waals surface area (Å²) >= 11 is 8.97. The minimum atomic E-state index is -4.41. The maximum absolute atomic E-state index is 12.5. The molecule has 0 aromatic heterocycles. The van der Waals surface area contributed by atoms with Crippen LogP contribution in [0.2, 0.25) is 5.02 Å². The van der Waals surface area contributed by atoms with Crippen LogP contribution in [-0.4, -0.2) is 0 Å². The topological polar surface area (TPSA) is 35.2 Å². The molecule has 0 aliphatic carbocycles. The van der Waals surface area contributed by atoms with Crippen molar-refractivity contribution in [3.63, 3.8) is 0 Å². The summed E-state index contributed by atoms with van der Waals surface area (Å²) in [6.07, 6.45) is -4.41. The van der Waals surface area contributed by atoms with E-state index in [-0.39, 0.29) is 16.0 Å². The van der Waals surface area contributed by atoms with Crippen molar-refractivity contribution in [3.8, 4) is 11.5 Å². The van der Waals surface area contributed by atoms with E-state index in [1.807, 2.05) is 0 Å². The highest BCUT2D eigenvalue weighted by Gasteiger charge is 2.31. The van der Waals surface area contributed by atoms with Crippen molar-refractivity contribution in [1.82, 2.24) is 0 Å². The first-order valence-electron chi connectivity index (χ1n) is 5.37. The minimum Gasteiger partial charge on any atom is -0.455 e. The molecule has 0 atom stereocenters. The highest BCUT2D eigenvalue weighted by Crippen LogP contribution is 2.38. The fraction of sp³-hybridized carbons (Fsp3) is 0.0769. The van der Waals surface area contributed by atoms with Gasteiger partial charge in [0.2, 0.25) is 0 Å². The van der Waals surface area contributed by atoms with Crippen molar-refractivity contribution in [1.29, 1.82) is 0 Å². The van der Waals surface area contributed by atoms with Gasteiger partial charge in [0.05, 0.1) is 15.1 Å². The van der Waals surface area contributed by atoms with Gasteiger partial charge in [-0.1, -0.05) is 11.6 Å². The van der Waals surface area contributed by atoms with E-state index in [2.05, 4.69) is 15.9 Å². The molecule has 0 amide bonds. The molecule has 7 heteroatoms. The van der Waals surface area contributed by atoms with Gasteiger partial charge in [-0.05, 0) is 46.3 Å². The second-order valence-electron chi connectivity index (χ2n) is 3.93. The van der Waals surface area contributed by atoms with Crippen LogP contribution in [0, 0.1) is 0 Å². The van der Waals surface area contributed by atoms with Crippen molar-refractivity contribution in [3.05, 3.63) is 51.5 Å². The summed E-state index contributed by atoms with van der Waals surface area (Å²) in [7, 11) is 0. The number of alkyl halides is 3. The SMILES string of the molecule is Nc1ccc(Cl)c(Oc2ccc(C(F)(F)F)cc2Br)c1. The zero-order chi connectivity index (χ0) is 14.9. The van der Waals surface area contributed by atoms with E-state index in [1.54, 1.807) is 12.1 Å². The molecule has 2 N–H and O–H groups in total. The molecular weight excluding hydrogens is 358 g/mol. The Morgan fingerprint density at radius 2 is 1.75 bits per heavy atom. The second-order valence-corrected chi connectivity index (χ2v) is 5.20. The largest absolute Gasteiger partial charge is 0.455 e. The lowest BCUT2D eigenvalue weighted by atomic mass is 10.2. The molecule has 0 aliphatic heterocycles. The highest BCUT2D eigenvalue weighted by atomic mass is 79.9. The summed E-state index contributed by atoms with van der Waals surface area (Å²) in [5, 5.41) is 0.311. The second kappa shape index (κ2) is 5.54. The van der Waals surface area contributed by atoms with E-state index in [0.717, 1.165) is 12.1 Å². The van der Waals surface area contributed by atoms with E-state index in [9.17, 15) is 13.2 Å². The fourth-order valence-electron chi connectivity index (χ4n) is 1.48. The zero-order valence-electron chi connectivity index (χ0n) is 9.84. The quantitative estimate of drug-likeness (QED) is 0.713. The Kier molecular flexibility index (Phi) is 4.15. The van der Waals surface area contributed by atoms with Crippen LogP contribution in [0.25, 0.3) is 0 Å². The van der Waals surface area contributed by atoms with Crippen molar-refractivity contribution in [2.45, 2.75) is 6.18 Å². The van der Waals surface area contributed by atoms with Crippen LogP contribution in [0.4, 0.5) is 18.9 Å². The molecule has 0 bridgehead atoms. The molecule has 0 heterocycles. The standard InChI is InChI=1S/C13H8BrClF3NO/c14-9-5-7(13(16,17)18)1-4-11(9)20-12-6-8(19)2-3-10(12)15/h1-6H,19H2. The summed E-state index contributed by atoms with van der Waals surface area (Å²) in [5.74, 6) is 0.484. The van der Waals surface area contributed by atoms with Crippen LogP contribution in [-0.2, 0) is 6.18 Å². The number of nitrogens with two attached hydrogens (primary N) is 1. The maximum atomic E-state index is 12.5. The number of rotatable bonds is 2. The molecule has 20 heavy (non-hydrogen) atoms. The van der Waals surface area contributed by atoms with Crippen LogP contribution in [0.5, 0.6) is 11.5 Å². The van der Waals surface area contributed by atoms with Gasteiger partial charge < -0.3 is 10.5 Å². The molecular formula is C13H8BrClF3NO. The maximum Gasteiger partial charge on any atom is 0.416 e. The number of hydrogen-bond donors (Lipinski definition) is 1. The first-order chi connectivity index (χ1) is 9.27. The van der Waals surface area contributed by atoms with Crippen LogP contribution in [0.1, 0.15) is 5.56 Å². The number of nitrogen functional groups attached to an aromatic ring is 1. The van der Waals surface area contributed by atoms with Gasteiger partial charge in [-0.3, -0.25) is 0 Å². The lowest BCUT2D eigenvalue weighted by Gasteiger charge is -2.12. The van der Waals surface area contributed by atoms with Crippen LogP contribution in [0.3, 0.4) is 0 Å². The van der Waals surface area contributed by atoms with Crippen molar-refractivity contribution >= 4 is 33.2 Å². The molecule has 2 rings (SSSR count). The van der Waals surface area contributed by atoms with Gasteiger partial charge in [-0.15, -0.1) is 0 Å². The van der Waals surface area contributed by atoms with E-state index in [1.165, 1.54) is 12.1 Å². The highest BCUT2D eigenvalue weighted by molar-refractivity contribution is 9.10. The predicted molar refractivity (Wildman–Crippen MR) is 75.1 cm³/mol. The third-order valence-electron chi connectivity index (χ3n) is 2.43. The van der Waals surface area contributed by atoms with Gasteiger partial charge in [-0.25, -0.2) is 0 Å². The van der Waals surface area contributed by atoms with E-state index in [0.29, 0.717) is 10.7 Å². The summed E-state index contributed by atoms with van der Waals surface area (Å²) in [4.78, 5) is 0. The van der Waals surface area contributed by atoms with Crippen LogP contribution in [0.15, 0.2) is 40.9 Å². The number of benzene rings is 2.